The molecule has 0 bridgehead atoms. The van der Waals surface area contributed by atoms with E-state index in [4.69, 9.17) is 0 Å². The van der Waals surface area contributed by atoms with Gasteiger partial charge in [0, 0.05) is 22.8 Å². The monoisotopic (exact) mass is 359 g/mol. The first kappa shape index (κ1) is 13.1. The predicted octanol–water partition coefficient (Wildman–Crippen LogP) is 3.75. The number of hydrogen-bond acceptors (Lipinski definition) is 1. The summed E-state index contributed by atoms with van der Waals surface area (Å²) in [5.74, 6) is 0.721. The zero-order chi connectivity index (χ0) is 12.4. The molecule has 2 atom stereocenters. The van der Waals surface area contributed by atoms with Gasteiger partial charge in [0.1, 0.15) is 0 Å². The molecular formula is C13H15Br2NO. The maximum Gasteiger partial charge on any atom is 0.223 e. The average Bonchev–Trinajstić information content (AvgIpc) is 2.69. The van der Waals surface area contributed by atoms with Crippen LogP contribution < -0.4 is 0 Å². The Morgan fingerprint density at radius 2 is 2.29 bits per heavy atom. The van der Waals surface area contributed by atoms with Crippen LogP contribution in [0.5, 0.6) is 0 Å². The molecule has 2 rings (SSSR count). The lowest BCUT2D eigenvalue weighted by Crippen LogP contribution is -2.28. The van der Waals surface area contributed by atoms with E-state index in [1.54, 1.807) is 0 Å². The summed E-state index contributed by atoms with van der Waals surface area (Å²) in [4.78, 5) is 13.9. The summed E-state index contributed by atoms with van der Waals surface area (Å²) in [7, 11) is 0. The molecule has 0 N–H and O–H groups in total. The minimum atomic E-state index is 0.157. The Balaban J connectivity index is 2.15. The van der Waals surface area contributed by atoms with Crippen molar-refractivity contribution in [1.29, 1.82) is 0 Å². The first-order chi connectivity index (χ1) is 8.11. The number of alkyl halides is 1. The zero-order valence-electron chi connectivity index (χ0n) is 9.70. The minimum Gasteiger partial charge on any atom is -0.336 e. The highest BCUT2D eigenvalue weighted by Crippen LogP contribution is 2.30. The van der Waals surface area contributed by atoms with Gasteiger partial charge in [0.25, 0.3) is 0 Å². The van der Waals surface area contributed by atoms with Crippen LogP contribution in [0.25, 0.3) is 0 Å². The molecule has 4 heteroatoms. The van der Waals surface area contributed by atoms with Gasteiger partial charge in [0.05, 0.1) is 6.04 Å². The largest absolute Gasteiger partial charge is 0.336 e. The molecule has 2 nitrogen and oxygen atoms in total. The number of amides is 1. The van der Waals surface area contributed by atoms with E-state index in [9.17, 15) is 4.79 Å². The highest BCUT2D eigenvalue weighted by atomic mass is 79.9. The molecule has 0 aliphatic carbocycles. The van der Waals surface area contributed by atoms with Crippen LogP contribution in [0.3, 0.4) is 0 Å². The third kappa shape index (κ3) is 2.91. The lowest BCUT2D eigenvalue weighted by molar-refractivity contribution is -0.129. The Labute approximate surface area is 119 Å². The molecule has 1 fully saturated rings. The van der Waals surface area contributed by atoms with Crippen molar-refractivity contribution >= 4 is 37.8 Å². The molecule has 0 spiro atoms. The van der Waals surface area contributed by atoms with E-state index in [0.29, 0.717) is 12.3 Å². The van der Waals surface area contributed by atoms with Gasteiger partial charge in [0.2, 0.25) is 5.91 Å². The van der Waals surface area contributed by atoms with Crippen LogP contribution in [0.4, 0.5) is 0 Å². The second-order valence-electron chi connectivity index (χ2n) is 4.50. The van der Waals surface area contributed by atoms with Gasteiger partial charge in [-0.15, -0.1) is 0 Å². The van der Waals surface area contributed by atoms with Crippen LogP contribution in [-0.4, -0.2) is 22.7 Å². The van der Waals surface area contributed by atoms with Crippen LogP contribution in [0, 0.1) is 5.92 Å². The third-order valence-corrected chi connectivity index (χ3v) is 4.66. The van der Waals surface area contributed by atoms with E-state index >= 15 is 0 Å². The third-order valence-electron chi connectivity index (χ3n) is 3.26. The molecule has 1 aromatic carbocycles. The maximum absolute atomic E-state index is 11.9. The van der Waals surface area contributed by atoms with Crippen molar-refractivity contribution in [3.05, 3.63) is 34.3 Å². The Morgan fingerprint density at radius 1 is 1.53 bits per heavy atom. The van der Waals surface area contributed by atoms with E-state index in [1.807, 2.05) is 17.0 Å². The Kier molecular flexibility index (Phi) is 4.26. The fraction of sp³-hybridized carbons (Fsp3) is 0.462. The van der Waals surface area contributed by atoms with Crippen molar-refractivity contribution in [2.75, 3.05) is 11.9 Å². The van der Waals surface area contributed by atoms with E-state index in [0.717, 1.165) is 16.3 Å². The lowest BCUT2D eigenvalue weighted by atomic mass is 10.1. The van der Waals surface area contributed by atoms with Crippen LogP contribution in [0.2, 0.25) is 0 Å². The SMILES string of the molecule is CC(c1cccc(Br)c1)N1CC(CBr)CC1=O. The number of likely N-dealkylation sites (tertiary alicyclic amines) is 1. The van der Waals surface area contributed by atoms with Gasteiger partial charge in [-0.2, -0.15) is 0 Å². The zero-order valence-corrected chi connectivity index (χ0v) is 12.9. The fourth-order valence-corrected chi connectivity index (χ4v) is 3.08. The number of benzene rings is 1. The molecule has 1 aliphatic rings. The van der Waals surface area contributed by atoms with Gasteiger partial charge in [-0.05, 0) is 30.5 Å². The number of nitrogens with zero attached hydrogens (tertiary/aromatic N) is 1. The van der Waals surface area contributed by atoms with Crippen LogP contribution in [0.1, 0.15) is 24.9 Å². The number of halogens is 2. The van der Waals surface area contributed by atoms with Crippen LogP contribution >= 0.6 is 31.9 Å². The van der Waals surface area contributed by atoms with Crippen molar-refractivity contribution in [3.63, 3.8) is 0 Å². The molecule has 92 valence electrons. The number of carbonyl (C=O) groups excluding carboxylic acids is 1. The highest BCUT2D eigenvalue weighted by molar-refractivity contribution is 9.10. The van der Waals surface area contributed by atoms with E-state index < -0.39 is 0 Å². The Bertz CT molecular complexity index is 422. The molecule has 1 heterocycles. The van der Waals surface area contributed by atoms with Gasteiger partial charge in [-0.1, -0.05) is 44.0 Å². The van der Waals surface area contributed by atoms with Crippen molar-refractivity contribution in [2.45, 2.75) is 19.4 Å². The second-order valence-corrected chi connectivity index (χ2v) is 6.06. The molecule has 1 amide bonds. The lowest BCUT2D eigenvalue weighted by Gasteiger charge is -2.25. The predicted molar refractivity (Wildman–Crippen MR) is 76.2 cm³/mol. The van der Waals surface area contributed by atoms with Gasteiger partial charge >= 0.3 is 0 Å². The first-order valence-electron chi connectivity index (χ1n) is 5.72. The summed E-state index contributed by atoms with van der Waals surface area (Å²) in [5.41, 5.74) is 1.18. The van der Waals surface area contributed by atoms with Crippen LogP contribution in [-0.2, 0) is 4.79 Å². The summed E-state index contributed by atoms with van der Waals surface area (Å²) in [6, 6.07) is 8.33. The molecule has 1 aromatic rings. The van der Waals surface area contributed by atoms with E-state index in [-0.39, 0.29) is 11.9 Å². The highest BCUT2D eigenvalue weighted by Gasteiger charge is 2.32. The standard InChI is InChI=1S/C13H15Br2NO/c1-9(11-3-2-4-12(15)6-11)16-8-10(7-14)5-13(16)17/h2-4,6,9-10H,5,7-8H2,1H3. The molecule has 0 radical (unpaired) electrons. The van der Waals surface area contributed by atoms with Crippen LogP contribution in [0.15, 0.2) is 28.7 Å². The van der Waals surface area contributed by atoms with Crippen molar-refractivity contribution in [3.8, 4) is 0 Å². The topological polar surface area (TPSA) is 20.3 Å². The fourth-order valence-electron chi connectivity index (χ4n) is 2.23. The molecule has 1 saturated heterocycles. The molecular weight excluding hydrogens is 346 g/mol. The summed E-state index contributed by atoms with van der Waals surface area (Å²) in [6.45, 7) is 2.95. The Morgan fingerprint density at radius 3 is 2.88 bits per heavy atom. The second kappa shape index (κ2) is 5.53. The molecule has 2 unspecified atom stereocenters. The van der Waals surface area contributed by atoms with Crippen molar-refractivity contribution in [1.82, 2.24) is 4.90 Å². The molecule has 17 heavy (non-hydrogen) atoms. The number of hydrogen-bond donors (Lipinski definition) is 0. The van der Waals surface area contributed by atoms with Gasteiger partial charge in [0.15, 0.2) is 0 Å². The number of rotatable bonds is 3. The smallest absolute Gasteiger partial charge is 0.223 e. The van der Waals surface area contributed by atoms with E-state index in [2.05, 4.69) is 50.9 Å². The normalized spacial score (nSPS) is 21.9. The minimum absolute atomic E-state index is 0.157. The summed E-state index contributed by atoms with van der Waals surface area (Å²) in [5, 5.41) is 0.903. The quantitative estimate of drug-likeness (QED) is 0.751. The Hall–Kier alpha value is -0.350. The average molecular weight is 361 g/mol. The van der Waals surface area contributed by atoms with Gasteiger partial charge in [-0.25, -0.2) is 0 Å². The summed E-state index contributed by atoms with van der Waals surface area (Å²) < 4.78 is 1.06. The number of carbonyl (C=O) groups is 1. The maximum atomic E-state index is 11.9. The summed E-state index contributed by atoms with van der Waals surface area (Å²) in [6.07, 6.45) is 0.670. The first-order valence-corrected chi connectivity index (χ1v) is 7.64. The summed E-state index contributed by atoms with van der Waals surface area (Å²) >= 11 is 6.93. The van der Waals surface area contributed by atoms with Crippen molar-refractivity contribution in [2.24, 2.45) is 5.92 Å². The van der Waals surface area contributed by atoms with Crippen molar-refractivity contribution < 1.29 is 4.79 Å². The van der Waals surface area contributed by atoms with E-state index in [1.165, 1.54) is 5.56 Å². The van der Waals surface area contributed by atoms with Gasteiger partial charge < -0.3 is 4.90 Å². The van der Waals surface area contributed by atoms with Gasteiger partial charge in [-0.3, -0.25) is 4.79 Å². The molecule has 0 aromatic heterocycles. The molecule has 0 saturated carbocycles. The molecule has 1 aliphatic heterocycles.